The quantitative estimate of drug-likeness (QED) is 0.584. The second kappa shape index (κ2) is 17.4. The van der Waals surface area contributed by atoms with Gasteiger partial charge in [-0.1, -0.05) is 68.3 Å². The maximum atomic E-state index is 8.33. The van der Waals surface area contributed by atoms with E-state index >= 15 is 0 Å². The molecule has 0 aliphatic heterocycles. The molecule has 1 aromatic carbocycles. The number of carbonyl (C=O) groups excluding carboxylic acids is 1. The monoisotopic (exact) mass is 258 g/mol. The van der Waals surface area contributed by atoms with Gasteiger partial charge in [-0.05, 0) is 11.7 Å². The number of hydrogen-bond acceptors (Lipinski definition) is 3. The van der Waals surface area contributed by atoms with Gasteiger partial charge in [0.2, 0.25) is 0 Å². The second-order valence-electron chi connectivity index (χ2n) is 2.34. The minimum absolute atomic E-state index is 0. The van der Waals surface area contributed by atoms with Gasteiger partial charge in [-0.25, -0.2) is 0 Å². The summed E-state index contributed by atoms with van der Waals surface area (Å²) in [6, 6.07) is 10.0. The molecule has 3 nitrogen and oxygen atoms in total. The van der Waals surface area contributed by atoms with Gasteiger partial charge in [-0.15, -0.1) is 0 Å². The molecule has 0 N–H and O–H groups in total. The van der Waals surface area contributed by atoms with Crippen molar-refractivity contribution in [3.8, 4) is 0 Å². The van der Waals surface area contributed by atoms with Crippen LogP contribution in [0.15, 0.2) is 62.2 Å². The summed E-state index contributed by atoms with van der Waals surface area (Å²) < 4.78 is 0. The Morgan fingerprint density at radius 2 is 1.35 bits per heavy atom. The Labute approximate surface area is 132 Å². The van der Waals surface area contributed by atoms with Crippen LogP contribution >= 0.6 is 0 Å². The van der Waals surface area contributed by atoms with Crippen LogP contribution in [0.5, 0.6) is 0 Å². The first-order valence-electron chi connectivity index (χ1n) is 4.37. The van der Waals surface area contributed by atoms with Crippen LogP contribution in [-0.2, 0) is 0 Å². The van der Waals surface area contributed by atoms with Crippen molar-refractivity contribution in [1.29, 1.82) is 0 Å². The number of rotatable bonds is 2. The first-order chi connectivity index (χ1) is 7.58. The van der Waals surface area contributed by atoms with E-state index in [1.807, 2.05) is 36.4 Å². The molecule has 0 bridgehead atoms. The van der Waals surface area contributed by atoms with Crippen molar-refractivity contribution in [3.63, 3.8) is 0 Å². The summed E-state index contributed by atoms with van der Waals surface area (Å²) in [4.78, 5) is 8.33. The molecular weight excluding hydrogens is 244 g/mol. The van der Waals surface area contributed by atoms with Crippen molar-refractivity contribution in [2.45, 2.75) is 0 Å². The minimum atomic E-state index is -2.33. The van der Waals surface area contributed by atoms with Gasteiger partial charge in [0.1, 0.15) is 0 Å². The zero-order valence-electron chi connectivity index (χ0n) is 9.67. The average molecular weight is 258 g/mol. The summed E-state index contributed by atoms with van der Waals surface area (Å²) in [7, 11) is 0. The third-order valence-corrected chi connectivity index (χ3v) is 1.20. The van der Waals surface area contributed by atoms with Crippen LogP contribution in [0.2, 0.25) is 0 Å². The van der Waals surface area contributed by atoms with E-state index in [1.165, 1.54) is 5.56 Å². The van der Waals surface area contributed by atoms with E-state index in [0.29, 0.717) is 0 Å². The molecule has 0 unspecified atom stereocenters. The van der Waals surface area contributed by atoms with Gasteiger partial charge in [0, 0.05) is 0 Å². The zero-order chi connectivity index (χ0) is 12.8. The maximum absolute atomic E-state index is 8.33. The molecule has 0 saturated carbocycles. The predicted molar refractivity (Wildman–Crippen MR) is 68.1 cm³/mol. The molecule has 1 rings (SSSR count). The van der Waals surface area contributed by atoms with Gasteiger partial charge in [-0.2, -0.15) is 0 Å². The molecule has 86 valence electrons. The van der Waals surface area contributed by atoms with Crippen LogP contribution in [-0.4, -0.2) is 43.9 Å². The molecule has 0 atom stereocenters. The molecule has 4 heteroatoms. The fourth-order valence-electron chi connectivity index (χ4n) is 0.589. The largest absolute Gasteiger partial charge is 2.00 e. The van der Waals surface area contributed by atoms with Crippen molar-refractivity contribution in [1.82, 2.24) is 0 Å². The van der Waals surface area contributed by atoms with Gasteiger partial charge in [-0.3, -0.25) is 0 Å². The van der Waals surface area contributed by atoms with Crippen LogP contribution in [0.1, 0.15) is 5.56 Å². The summed E-state index contributed by atoms with van der Waals surface area (Å²) in [6.45, 7) is 10.4. The smallest absolute Gasteiger partial charge is 0.652 e. The Morgan fingerprint density at radius 3 is 1.53 bits per heavy atom. The number of allylic oxidation sites excluding steroid dienone is 2. The van der Waals surface area contributed by atoms with Crippen molar-refractivity contribution < 1.29 is 15.0 Å². The molecule has 0 heterocycles. The minimum Gasteiger partial charge on any atom is -0.652 e. The summed E-state index contributed by atoms with van der Waals surface area (Å²) >= 11 is 0. The average Bonchev–Trinajstić information content (AvgIpc) is 2.30. The molecule has 0 radical (unpaired) electrons. The van der Waals surface area contributed by atoms with Gasteiger partial charge in [0.05, 0.1) is 0 Å². The molecule has 1 aromatic rings. The summed E-state index contributed by atoms with van der Waals surface area (Å²) in [6.07, 6.45) is 2.78. The van der Waals surface area contributed by atoms with E-state index in [0.717, 1.165) is 0 Å². The fourth-order valence-corrected chi connectivity index (χ4v) is 0.589. The van der Waals surface area contributed by atoms with Gasteiger partial charge in [0.15, 0.2) is 0 Å². The molecule has 17 heavy (non-hydrogen) atoms. The molecule has 0 aromatic heterocycles. The first-order valence-corrected chi connectivity index (χ1v) is 4.37. The van der Waals surface area contributed by atoms with Crippen LogP contribution < -0.4 is 10.2 Å². The predicted octanol–water partition coefficient (Wildman–Crippen LogP) is 0.860. The van der Waals surface area contributed by atoms with Gasteiger partial charge < -0.3 is 15.0 Å². The van der Waals surface area contributed by atoms with E-state index in [-0.39, 0.29) is 37.7 Å². The molecule has 0 fully saturated rings. The van der Waals surface area contributed by atoms with Crippen LogP contribution in [0, 0.1) is 0 Å². The third kappa shape index (κ3) is 25.3. The third-order valence-electron chi connectivity index (χ3n) is 1.20. The molecular formula is C13H14CaO3. The van der Waals surface area contributed by atoms with E-state index in [1.54, 1.807) is 12.2 Å². The Morgan fingerprint density at radius 1 is 1.00 bits per heavy atom. The number of hydrogen-bond donors (Lipinski definition) is 0. The number of carboxylic acid groups (broad SMARTS) is 2. The van der Waals surface area contributed by atoms with E-state index < -0.39 is 6.16 Å². The topological polar surface area (TPSA) is 63.2 Å². The Balaban J connectivity index is -0.000000189. The number of benzene rings is 1. The molecule has 0 aliphatic carbocycles. The maximum Gasteiger partial charge on any atom is 2.00 e. The van der Waals surface area contributed by atoms with E-state index in [2.05, 4.69) is 19.7 Å². The van der Waals surface area contributed by atoms with Gasteiger partial charge >= 0.3 is 37.7 Å². The first kappa shape index (κ1) is 21.3. The summed E-state index contributed by atoms with van der Waals surface area (Å²) in [5.41, 5.74) is 1.17. The Hall–Kier alpha value is -1.03. The Kier molecular flexibility index (Phi) is 21.7. The molecule has 0 aliphatic rings. The zero-order valence-corrected chi connectivity index (χ0v) is 11.9. The van der Waals surface area contributed by atoms with Crippen LogP contribution in [0.25, 0.3) is 6.08 Å². The number of carbonyl (C=O) groups is 1. The SMILES string of the molecule is C=CC=C.C=Cc1ccccc1.O=C([O-])[O-].[Ca+2]. The standard InChI is InChI=1S/C8H8.C4H6.CH2O3.Ca/c1-2-8-6-4-3-5-7-8;1-3-4-2;2-1(3)4;/h2-7H,1H2;3-4H,1-2H2;(H2,2,3,4);/q;;;+2/p-2. The summed E-state index contributed by atoms with van der Waals surface area (Å²) in [5, 5.41) is 16.7. The molecule has 0 amide bonds. The van der Waals surface area contributed by atoms with Crippen LogP contribution in [0.4, 0.5) is 4.79 Å². The fraction of sp³-hybridized carbons (Fsp3) is 0. The van der Waals surface area contributed by atoms with Gasteiger partial charge in [0.25, 0.3) is 0 Å². The van der Waals surface area contributed by atoms with Crippen molar-refractivity contribution in [2.75, 3.05) is 0 Å². The van der Waals surface area contributed by atoms with Crippen LogP contribution in [0.3, 0.4) is 0 Å². The second-order valence-corrected chi connectivity index (χ2v) is 2.34. The normalized spacial score (nSPS) is 6.59. The van der Waals surface area contributed by atoms with E-state index in [9.17, 15) is 0 Å². The van der Waals surface area contributed by atoms with Crippen molar-refractivity contribution in [3.05, 3.63) is 67.8 Å². The van der Waals surface area contributed by atoms with Crippen molar-refractivity contribution in [2.24, 2.45) is 0 Å². The Bertz CT molecular complexity index is 311. The molecule has 0 saturated heterocycles. The van der Waals surface area contributed by atoms with E-state index in [4.69, 9.17) is 15.0 Å². The van der Waals surface area contributed by atoms with Crippen molar-refractivity contribution >= 4 is 50.0 Å². The molecule has 0 spiro atoms. The summed E-state index contributed by atoms with van der Waals surface area (Å²) in [5.74, 6) is 0.